The van der Waals surface area contributed by atoms with E-state index < -0.39 is 5.91 Å². The summed E-state index contributed by atoms with van der Waals surface area (Å²) in [5.41, 5.74) is 3.34. The lowest BCUT2D eigenvalue weighted by atomic mass is 10.1. The first kappa shape index (κ1) is 19.8. The average molecular weight is 462 g/mol. The quantitative estimate of drug-likeness (QED) is 0.405. The Bertz CT molecular complexity index is 914. The molecule has 0 unspecified atom stereocenters. The molecule has 0 fully saturated rings. The second-order valence-corrected chi connectivity index (χ2v) is 6.84. The number of carbonyl (C=O) groups excluding carboxylic acids is 1. The summed E-state index contributed by atoms with van der Waals surface area (Å²) in [4.78, 5) is 12.5. The van der Waals surface area contributed by atoms with Crippen LogP contribution in [0.4, 0.5) is 5.69 Å². The van der Waals surface area contributed by atoms with Crippen molar-refractivity contribution in [2.75, 3.05) is 19.5 Å². The molecule has 0 heterocycles. The topological polar surface area (TPSA) is 71.3 Å². The molecule has 6 heteroatoms. The van der Waals surface area contributed by atoms with E-state index in [4.69, 9.17) is 9.47 Å². The van der Waals surface area contributed by atoms with E-state index in [0.717, 1.165) is 14.7 Å². The Labute approximate surface area is 166 Å². The number of nitriles is 1. The van der Waals surface area contributed by atoms with E-state index in [1.807, 2.05) is 44.2 Å². The smallest absolute Gasteiger partial charge is 0.266 e. The first-order chi connectivity index (χ1) is 12.4. The Kier molecular flexibility index (Phi) is 6.64. The summed E-state index contributed by atoms with van der Waals surface area (Å²) in [6, 6.07) is 11.3. The normalized spacial score (nSPS) is 10.8. The third-order valence-electron chi connectivity index (χ3n) is 3.77. The lowest BCUT2D eigenvalue weighted by molar-refractivity contribution is -0.112. The number of nitrogens with zero attached hydrogens (tertiary/aromatic N) is 1. The molecule has 0 aromatic heterocycles. The van der Waals surface area contributed by atoms with Crippen molar-refractivity contribution in [3.8, 4) is 17.6 Å². The number of anilines is 1. The molecule has 0 bridgehead atoms. The minimum atomic E-state index is -0.453. The zero-order valence-corrected chi connectivity index (χ0v) is 17.2. The Morgan fingerprint density at radius 2 is 1.92 bits per heavy atom. The largest absolute Gasteiger partial charge is 0.493 e. The maximum Gasteiger partial charge on any atom is 0.266 e. The lowest BCUT2D eigenvalue weighted by Crippen LogP contribution is -2.14. The zero-order valence-electron chi connectivity index (χ0n) is 15.0. The van der Waals surface area contributed by atoms with Crippen LogP contribution in [0.2, 0.25) is 0 Å². The Morgan fingerprint density at radius 3 is 2.54 bits per heavy atom. The second kappa shape index (κ2) is 8.72. The number of nitrogens with one attached hydrogen (secondary N) is 1. The molecule has 0 spiro atoms. The van der Waals surface area contributed by atoms with Crippen LogP contribution in [0.3, 0.4) is 0 Å². The summed E-state index contributed by atoms with van der Waals surface area (Å²) < 4.78 is 11.4. The van der Waals surface area contributed by atoms with Gasteiger partial charge in [0, 0.05) is 5.69 Å². The van der Waals surface area contributed by atoms with Gasteiger partial charge < -0.3 is 14.8 Å². The second-order valence-electron chi connectivity index (χ2n) is 5.68. The molecule has 0 saturated heterocycles. The number of carbonyl (C=O) groups is 1. The standard InChI is InChI=1S/C20H19IN2O3/c1-12-5-6-13(2)17(7-12)23-20(24)15(11-22)8-14-9-16(21)19(26-4)18(10-14)25-3/h5-10H,1-4H3,(H,23,24)/b15-8-. The van der Waals surface area contributed by atoms with Gasteiger partial charge in [-0.1, -0.05) is 12.1 Å². The molecule has 1 amide bonds. The van der Waals surface area contributed by atoms with Crippen molar-refractivity contribution in [2.45, 2.75) is 13.8 Å². The number of rotatable bonds is 5. The van der Waals surface area contributed by atoms with E-state index in [2.05, 4.69) is 27.9 Å². The van der Waals surface area contributed by atoms with Crippen molar-refractivity contribution < 1.29 is 14.3 Å². The molecule has 26 heavy (non-hydrogen) atoms. The number of halogens is 1. The summed E-state index contributed by atoms with van der Waals surface area (Å²) in [6.45, 7) is 3.85. The van der Waals surface area contributed by atoms with Crippen molar-refractivity contribution >= 4 is 40.3 Å². The molecule has 2 aromatic rings. The molecule has 5 nitrogen and oxygen atoms in total. The van der Waals surface area contributed by atoms with Crippen LogP contribution in [0.1, 0.15) is 16.7 Å². The fourth-order valence-electron chi connectivity index (χ4n) is 2.40. The summed E-state index contributed by atoms with van der Waals surface area (Å²) >= 11 is 2.12. The van der Waals surface area contributed by atoms with Gasteiger partial charge in [-0.25, -0.2) is 0 Å². The van der Waals surface area contributed by atoms with E-state index >= 15 is 0 Å². The summed E-state index contributed by atoms with van der Waals surface area (Å²) in [7, 11) is 3.10. The van der Waals surface area contributed by atoms with Gasteiger partial charge in [-0.2, -0.15) is 5.26 Å². The van der Waals surface area contributed by atoms with Crippen LogP contribution in [0.25, 0.3) is 6.08 Å². The van der Waals surface area contributed by atoms with E-state index in [9.17, 15) is 10.1 Å². The molecule has 0 saturated carbocycles. The Hall–Kier alpha value is -2.53. The lowest BCUT2D eigenvalue weighted by Gasteiger charge is -2.11. The Morgan fingerprint density at radius 1 is 1.19 bits per heavy atom. The first-order valence-electron chi connectivity index (χ1n) is 7.81. The number of aryl methyl sites for hydroxylation is 2. The van der Waals surface area contributed by atoms with Gasteiger partial charge in [-0.15, -0.1) is 0 Å². The highest BCUT2D eigenvalue weighted by Gasteiger charge is 2.14. The molecule has 0 aliphatic carbocycles. The van der Waals surface area contributed by atoms with Crippen molar-refractivity contribution in [3.05, 3.63) is 56.2 Å². The van der Waals surface area contributed by atoms with Crippen molar-refractivity contribution in [3.63, 3.8) is 0 Å². The van der Waals surface area contributed by atoms with Gasteiger partial charge in [0.05, 0.1) is 17.8 Å². The molecular weight excluding hydrogens is 443 g/mol. The van der Waals surface area contributed by atoms with Gasteiger partial charge in [0.25, 0.3) is 5.91 Å². The molecule has 0 aliphatic rings. The molecular formula is C20H19IN2O3. The van der Waals surface area contributed by atoms with Gasteiger partial charge >= 0.3 is 0 Å². The van der Waals surface area contributed by atoms with E-state index in [1.54, 1.807) is 20.3 Å². The number of methoxy groups -OCH3 is 2. The number of hydrogen-bond acceptors (Lipinski definition) is 4. The number of ether oxygens (including phenoxy) is 2. The van der Waals surface area contributed by atoms with Gasteiger partial charge in [-0.3, -0.25) is 4.79 Å². The van der Waals surface area contributed by atoms with Crippen LogP contribution < -0.4 is 14.8 Å². The molecule has 0 aliphatic heterocycles. The molecule has 2 rings (SSSR count). The Balaban J connectivity index is 2.36. The fourth-order valence-corrected chi connectivity index (χ4v) is 3.24. The van der Waals surface area contributed by atoms with Gasteiger partial charge in [0.1, 0.15) is 11.6 Å². The van der Waals surface area contributed by atoms with Crippen LogP contribution in [0, 0.1) is 28.7 Å². The number of hydrogen-bond donors (Lipinski definition) is 1. The molecule has 1 N–H and O–H groups in total. The van der Waals surface area contributed by atoms with Crippen LogP contribution in [-0.2, 0) is 4.79 Å². The monoisotopic (exact) mass is 462 g/mol. The molecule has 0 atom stereocenters. The summed E-state index contributed by atoms with van der Waals surface area (Å²) in [5, 5.41) is 12.2. The third kappa shape index (κ3) is 4.55. The van der Waals surface area contributed by atoms with E-state index in [0.29, 0.717) is 22.7 Å². The van der Waals surface area contributed by atoms with Gasteiger partial charge in [-0.05, 0) is 77.4 Å². The van der Waals surface area contributed by atoms with Gasteiger partial charge in [0.15, 0.2) is 11.5 Å². The summed E-state index contributed by atoms with van der Waals surface area (Å²) in [6.07, 6.45) is 1.53. The predicted molar refractivity (Wildman–Crippen MR) is 110 cm³/mol. The molecule has 134 valence electrons. The SMILES string of the molecule is COc1cc(/C=C(/C#N)C(=O)Nc2cc(C)ccc2C)cc(I)c1OC. The van der Waals surface area contributed by atoms with Crippen molar-refractivity contribution in [1.82, 2.24) is 0 Å². The minimum absolute atomic E-state index is 0.00826. The highest BCUT2D eigenvalue weighted by Crippen LogP contribution is 2.34. The van der Waals surface area contributed by atoms with Crippen molar-refractivity contribution in [2.24, 2.45) is 0 Å². The van der Waals surface area contributed by atoms with Crippen LogP contribution in [0.15, 0.2) is 35.9 Å². The van der Waals surface area contributed by atoms with E-state index in [1.165, 1.54) is 6.08 Å². The highest BCUT2D eigenvalue weighted by molar-refractivity contribution is 14.1. The maximum absolute atomic E-state index is 12.5. The maximum atomic E-state index is 12.5. The average Bonchev–Trinajstić information content (AvgIpc) is 2.62. The van der Waals surface area contributed by atoms with Crippen LogP contribution in [-0.4, -0.2) is 20.1 Å². The highest BCUT2D eigenvalue weighted by atomic mass is 127. The summed E-state index contributed by atoms with van der Waals surface area (Å²) in [5.74, 6) is 0.701. The van der Waals surface area contributed by atoms with Crippen LogP contribution in [0.5, 0.6) is 11.5 Å². The zero-order chi connectivity index (χ0) is 19.3. The minimum Gasteiger partial charge on any atom is -0.493 e. The molecule has 2 aromatic carbocycles. The number of amides is 1. The number of benzene rings is 2. The first-order valence-corrected chi connectivity index (χ1v) is 8.89. The fraction of sp³-hybridized carbons (Fsp3) is 0.200. The predicted octanol–water partition coefficient (Wildman–Crippen LogP) is 4.47. The van der Waals surface area contributed by atoms with Crippen LogP contribution >= 0.6 is 22.6 Å². The van der Waals surface area contributed by atoms with Crippen molar-refractivity contribution in [1.29, 1.82) is 5.26 Å². The van der Waals surface area contributed by atoms with E-state index in [-0.39, 0.29) is 5.57 Å². The third-order valence-corrected chi connectivity index (χ3v) is 4.57. The molecule has 0 radical (unpaired) electrons. The van der Waals surface area contributed by atoms with Gasteiger partial charge in [0.2, 0.25) is 0 Å².